The second-order valence-corrected chi connectivity index (χ2v) is 4.60. The van der Waals surface area contributed by atoms with Crippen LogP contribution in [0.5, 0.6) is 0 Å². The van der Waals surface area contributed by atoms with E-state index in [9.17, 15) is 0 Å². The van der Waals surface area contributed by atoms with Gasteiger partial charge in [-0.3, -0.25) is 0 Å². The molecule has 0 aromatic carbocycles. The molecule has 14 heavy (non-hydrogen) atoms. The van der Waals surface area contributed by atoms with Gasteiger partial charge in [-0.05, 0) is 37.4 Å². The van der Waals surface area contributed by atoms with Gasteiger partial charge in [0.15, 0.2) is 0 Å². The fraction of sp³-hybridized carbons (Fsp3) is 0.636. The van der Waals surface area contributed by atoms with Crippen LogP contribution in [-0.2, 0) is 6.42 Å². The zero-order valence-corrected chi connectivity index (χ0v) is 9.90. The molecule has 0 aliphatic heterocycles. The molecule has 3 heteroatoms. The lowest BCUT2D eigenvalue weighted by molar-refractivity contribution is 0.299. The Morgan fingerprint density at radius 3 is 2.79 bits per heavy atom. The van der Waals surface area contributed by atoms with E-state index < -0.39 is 0 Å². The van der Waals surface area contributed by atoms with E-state index in [4.69, 9.17) is 5.11 Å². The van der Waals surface area contributed by atoms with Crippen molar-refractivity contribution in [3.63, 3.8) is 0 Å². The molecule has 1 aromatic rings. The topological polar surface area (TPSA) is 32.3 Å². The monoisotopic (exact) mass is 213 g/mol. The Hall–Kier alpha value is -0.380. The predicted molar refractivity (Wildman–Crippen MR) is 62.0 cm³/mol. The van der Waals surface area contributed by atoms with Crippen LogP contribution in [0.3, 0.4) is 0 Å². The van der Waals surface area contributed by atoms with Crippen molar-refractivity contribution < 1.29 is 5.11 Å². The van der Waals surface area contributed by atoms with E-state index in [2.05, 4.69) is 30.6 Å². The van der Waals surface area contributed by atoms with Gasteiger partial charge in [0, 0.05) is 23.4 Å². The second-order valence-electron chi connectivity index (χ2n) is 3.65. The minimum atomic E-state index is 0.240. The van der Waals surface area contributed by atoms with Crippen molar-refractivity contribution in [2.75, 3.05) is 13.7 Å². The molecular weight excluding hydrogens is 194 g/mol. The number of aliphatic hydroxyl groups is 1. The Balaban J connectivity index is 2.77. The first-order valence-electron chi connectivity index (χ1n) is 5.05. The number of hydrogen-bond donors (Lipinski definition) is 2. The Labute approximate surface area is 90.0 Å². The van der Waals surface area contributed by atoms with Gasteiger partial charge in [-0.2, -0.15) is 0 Å². The molecule has 0 bridgehead atoms. The Kier molecular flexibility index (Phi) is 4.58. The Bertz CT molecular complexity index is 272. The van der Waals surface area contributed by atoms with Crippen LogP contribution in [-0.4, -0.2) is 24.8 Å². The largest absolute Gasteiger partial charge is 0.396 e. The van der Waals surface area contributed by atoms with Gasteiger partial charge in [-0.1, -0.05) is 6.92 Å². The fourth-order valence-corrected chi connectivity index (χ4v) is 2.67. The number of nitrogens with one attached hydrogen (secondary N) is 1. The van der Waals surface area contributed by atoms with Crippen molar-refractivity contribution in [1.82, 2.24) is 5.32 Å². The lowest BCUT2D eigenvalue weighted by atomic mass is 9.98. The summed E-state index contributed by atoms with van der Waals surface area (Å²) >= 11 is 1.79. The number of aliphatic hydroxyl groups excluding tert-OH is 1. The van der Waals surface area contributed by atoms with Crippen molar-refractivity contribution in [2.45, 2.75) is 32.2 Å². The summed E-state index contributed by atoms with van der Waals surface area (Å²) in [5.41, 5.74) is 1.30. The van der Waals surface area contributed by atoms with E-state index in [-0.39, 0.29) is 6.61 Å². The summed E-state index contributed by atoms with van der Waals surface area (Å²) in [5.74, 6) is 0.515. The molecule has 2 nitrogen and oxygen atoms in total. The molecule has 0 fully saturated rings. The summed E-state index contributed by atoms with van der Waals surface area (Å²) in [6.45, 7) is 4.66. The maximum Gasteiger partial charge on any atom is 0.0471 e. The van der Waals surface area contributed by atoms with E-state index in [1.165, 1.54) is 10.4 Å². The van der Waals surface area contributed by atoms with Gasteiger partial charge in [0.2, 0.25) is 0 Å². The average Bonchev–Trinajstić information content (AvgIpc) is 2.64. The van der Waals surface area contributed by atoms with Crippen LogP contribution >= 0.6 is 11.3 Å². The van der Waals surface area contributed by atoms with E-state index >= 15 is 0 Å². The quantitative estimate of drug-likeness (QED) is 0.784. The van der Waals surface area contributed by atoms with Crippen molar-refractivity contribution in [3.05, 3.63) is 21.9 Å². The zero-order valence-electron chi connectivity index (χ0n) is 9.08. The maximum atomic E-state index is 8.93. The summed E-state index contributed by atoms with van der Waals surface area (Å²) in [4.78, 5) is 1.40. The number of thiophene rings is 1. The fourth-order valence-electron chi connectivity index (χ4n) is 1.55. The maximum absolute atomic E-state index is 8.93. The third kappa shape index (κ3) is 2.56. The van der Waals surface area contributed by atoms with Gasteiger partial charge in [0.1, 0.15) is 0 Å². The molecule has 0 unspecified atom stereocenters. The minimum Gasteiger partial charge on any atom is -0.396 e. The van der Waals surface area contributed by atoms with E-state index in [0.29, 0.717) is 12.0 Å². The molecule has 0 saturated heterocycles. The summed E-state index contributed by atoms with van der Waals surface area (Å²) in [6, 6.07) is 2.60. The van der Waals surface area contributed by atoms with Gasteiger partial charge < -0.3 is 10.4 Å². The van der Waals surface area contributed by atoms with Crippen LogP contribution in [0.1, 0.15) is 30.2 Å². The molecule has 0 saturated carbocycles. The Morgan fingerprint density at radius 2 is 2.21 bits per heavy atom. The third-order valence-electron chi connectivity index (χ3n) is 2.78. The summed E-state index contributed by atoms with van der Waals surface area (Å²) in [5, 5.41) is 14.3. The lowest BCUT2D eigenvalue weighted by Crippen LogP contribution is -2.27. The molecular formula is C11H19NOS. The van der Waals surface area contributed by atoms with Crippen LogP contribution in [0.15, 0.2) is 11.4 Å². The molecule has 0 spiro atoms. The van der Waals surface area contributed by atoms with Crippen molar-refractivity contribution in [2.24, 2.45) is 0 Å². The first kappa shape index (κ1) is 11.7. The minimum absolute atomic E-state index is 0.240. The van der Waals surface area contributed by atoms with Crippen molar-refractivity contribution in [3.8, 4) is 0 Å². The molecule has 0 aliphatic carbocycles. The van der Waals surface area contributed by atoms with E-state index in [0.717, 1.165) is 6.42 Å². The molecule has 1 aromatic heterocycles. The van der Waals surface area contributed by atoms with Crippen LogP contribution in [0.4, 0.5) is 0 Å². The van der Waals surface area contributed by atoms with Gasteiger partial charge >= 0.3 is 0 Å². The molecule has 2 atom stereocenters. The summed E-state index contributed by atoms with van der Waals surface area (Å²) < 4.78 is 0. The standard InChI is InChI=1S/C11H19NOS/c1-8(9(2)12-3)11-10(4-6-13)5-7-14-11/h5,7-9,12-13H,4,6H2,1-3H3/t8-,9+/m0/s1. The molecule has 2 N–H and O–H groups in total. The molecule has 80 valence electrons. The highest BCUT2D eigenvalue weighted by atomic mass is 32.1. The molecule has 1 rings (SSSR count). The highest BCUT2D eigenvalue weighted by molar-refractivity contribution is 7.10. The first-order chi connectivity index (χ1) is 6.70. The lowest BCUT2D eigenvalue weighted by Gasteiger charge is -2.19. The van der Waals surface area contributed by atoms with Gasteiger partial charge in [0.25, 0.3) is 0 Å². The molecule has 0 amide bonds. The van der Waals surface area contributed by atoms with Gasteiger partial charge in [-0.15, -0.1) is 11.3 Å². The van der Waals surface area contributed by atoms with Crippen molar-refractivity contribution >= 4 is 11.3 Å². The van der Waals surface area contributed by atoms with Crippen LogP contribution < -0.4 is 5.32 Å². The normalized spacial score (nSPS) is 15.4. The molecule has 0 aliphatic rings. The number of rotatable bonds is 5. The van der Waals surface area contributed by atoms with Gasteiger partial charge in [-0.25, -0.2) is 0 Å². The summed E-state index contributed by atoms with van der Waals surface area (Å²) in [7, 11) is 1.99. The number of likely N-dealkylation sites (N-methyl/N-ethyl adjacent to an activating group) is 1. The highest BCUT2D eigenvalue weighted by Gasteiger charge is 2.16. The second kappa shape index (κ2) is 5.49. The smallest absolute Gasteiger partial charge is 0.0471 e. The molecule has 0 radical (unpaired) electrons. The van der Waals surface area contributed by atoms with Gasteiger partial charge in [0.05, 0.1) is 0 Å². The third-order valence-corrected chi connectivity index (χ3v) is 3.94. The molecule has 1 heterocycles. The van der Waals surface area contributed by atoms with Crippen molar-refractivity contribution in [1.29, 1.82) is 0 Å². The predicted octanol–water partition coefficient (Wildman–Crippen LogP) is 1.99. The Morgan fingerprint density at radius 1 is 1.50 bits per heavy atom. The van der Waals surface area contributed by atoms with Crippen LogP contribution in [0, 0.1) is 0 Å². The summed E-state index contributed by atoms with van der Waals surface area (Å²) in [6.07, 6.45) is 0.777. The van der Waals surface area contributed by atoms with E-state index in [1.54, 1.807) is 11.3 Å². The zero-order chi connectivity index (χ0) is 10.6. The SMILES string of the molecule is CN[C@H](C)[C@H](C)c1sccc1CCO. The van der Waals surface area contributed by atoms with E-state index in [1.807, 2.05) is 7.05 Å². The number of hydrogen-bond acceptors (Lipinski definition) is 3. The average molecular weight is 213 g/mol. The van der Waals surface area contributed by atoms with Crippen LogP contribution in [0.25, 0.3) is 0 Å². The van der Waals surface area contributed by atoms with Crippen LogP contribution in [0.2, 0.25) is 0 Å². The first-order valence-corrected chi connectivity index (χ1v) is 5.93. The highest BCUT2D eigenvalue weighted by Crippen LogP contribution is 2.28.